The molecule has 552 valence electrons. The van der Waals surface area contributed by atoms with Crippen LogP contribution in [0.1, 0.15) is 382 Å². The number of carbonyl (C=O) groups is 4. The van der Waals surface area contributed by atoms with Crippen molar-refractivity contribution in [1.29, 1.82) is 0 Å². The minimum absolute atomic E-state index is 0.104. The number of hydrogen-bond acceptors (Lipinski definition) is 15. The molecule has 0 saturated carbocycles. The van der Waals surface area contributed by atoms with E-state index in [1.807, 2.05) is 0 Å². The van der Waals surface area contributed by atoms with Crippen molar-refractivity contribution < 1.29 is 80.2 Å². The van der Waals surface area contributed by atoms with Gasteiger partial charge in [0.1, 0.15) is 19.3 Å². The summed E-state index contributed by atoms with van der Waals surface area (Å²) in [5.41, 5.74) is 0. The summed E-state index contributed by atoms with van der Waals surface area (Å²) in [7, 11) is -9.91. The fourth-order valence-corrected chi connectivity index (χ4v) is 12.9. The molecule has 0 heterocycles. The highest BCUT2D eigenvalue weighted by molar-refractivity contribution is 7.47. The van der Waals surface area contributed by atoms with Crippen LogP contribution in [0.4, 0.5) is 0 Å². The van der Waals surface area contributed by atoms with Gasteiger partial charge in [-0.15, -0.1) is 0 Å². The van der Waals surface area contributed by atoms with E-state index in [-0.39, 0.29) is 25.7 Å². The summed E-state index contributed by atoms with van der Waals surface area (Å²) in [4.78, 5) is 72.7. The molecule has 0 bridgehead atoms. The first-order chi connectivity index (χ1) is 44.9. The van der Waals surface area contributed by atoms with Crippen LogP contribution >= 0.6 is 15.6 Å². The molecule has 93 heavy (non-hydrogen) atoms. The molecule has 0 aliphatic carbocycles. The summed E-state index contributed by atoms with van der Waals surface area (Å²) < 4.78 is 68.4. The Morgan fingerprint density at radius 3 is 0.731 bits per heavy atom. The molecule has 2 unspecified atom stereocenters. The Labute approximate surface area is 568 Å². The molecule has 0 fully saturated rings. The fraction of sp³-hybridized carbons (Fsp3) is 0.946. The van der Waals surface area contributed by atoms with Crippen molar-refractivity contribution in [2.45, 2.75) is 400 Å². The largest absolute Gasteiger partial charge is 0.472 e. The topological polar surface area (TPSA) is 237 Å². The maximum absolute atomic E-state index is 13.1. The van der Waals surface area contributed by atoms with Crippen molar-refractivity contribution in [3.8, 4) is 0 Å². The first-order valence-electron chi connectivity index (χ1n) is 38.5. The van der Waals surface area contributed by atoms with Gasteiger partial charge in [-0.3, -0.25) is 37.3 Å². The van der Waals surface area contributed by atoms with Gasteiger partial charge in [-0.1, -0.05) is 330 Å². The summed E-state index contributed by atoms with van der Waals surface area (Å²) in [6.07, 6.45) is 53.0. The van der Waals surface area contributed by atoms with Crippen LogP contribution in [-0.2, 0) is 65.4 Å². The zero-order valence-corrected chi connectivity index (χ0v) is 62.3. The van der Waals surface area contributed by atoms with Gasteiger partial charge in [0, 0.05) is 25.7 Å². The number of esters is 4. The fourth-order valence-electron chi connectivity index (χ4n) is 11.3. The number of carbonyl (C=O) groups excluding carboxylic acids is 4. The highest BCUT2D eigenvalue weighted by Crippen LogP contribution is 2.45. The minimum atomic E-state index is -4.96. The van der Waals surface area contributed by atoms with E-state index in [0.717, 1.165) is 102 Å². The molecule has 0 amide bonds. The van der Waals surface area contributed by atoms with E-state index in [1.165, 1.54) is 193 Å². The number of aliphatic hydroxyl groups is 1. The second-order valence-electron chi connectivity index (χ2n) is 27.6. The predicted octanol–water partition coefficient (Wildman–Crippen LogP) is 21.6. The van der Waals surface area contributed by atoms with Crippen molar-refractivity contribution in [3.63, 3.8) is 0 Å². The van der Waals surface area contributed by atoms with Crippen molar-refractivity contribution in [2.24, 2.45) is 11.8 Å². The van der Waals surface area contributed by atoms with Crippen molar-refractivity contribution in [3.05, 3.63) is 0 Å². The first-order valence-corrected chi connectivity index (χ1v) is 41.5. The lowest BCUT2D eigenvalue weighted by Crippen LogP contribution is -2.30. The van der Waals surface area contributed by atoms with E-state index in [9.17, 15) is 43.2 Å². The molecule has 17 nitrogen and oxygen atoms in total. The molecule has 0 rings (SSSR count). The van der Waals surface area contributed by atoms with Crippen LogP contribution in [0.2, 0.25) is 0 Å². The summed E-state index contributed by atoms with van der Waals surface area (Å²) in [5.74, 6) is -0.724. The number of aliphatic hydroxyl groups excluding tert-OH is 1. The summed E-state index contributed by atoms with van der Waals surface area (Å²) >= 11 is 0. The zero-order chi connectivity index (χ0) is 68.6. The third-order valence-electron chi connectivity index (χ3n) is 17.2. The Hall–Kier alpha value is -1.94. The Bertz CT molecular complexity index is 1800. The number of unbranched alkanes of at least 4 members (excludes halogenated alkanes) is 43. The molecule has 0 aromatic carbocycles. The number of phosphoric ester groups is 2. The zero-order valence-electron chi connectivity index (χ0n) is 60.6. The second kappa shape index (κ2) is 66.0. The average Bonchev–Trinajstić information content (AvgIpc) is 1.89. The minimum Gasteiger partial charge on any atom is -0.462 e. The third-order valence-corrected chi connectivity index (χ3v) is 19.1. The smallest absolute Gasteiger partial charge is 0.462 e. The summed E-state index contributed by atoms with van der Waals surface area (Å²) in [5, 5.41) is 10.6. The van der Waals surface area contributed by atoms with Crippen LogP contribution in [0.3, 0.4) is 0 Å². The van der Waals surface area contributed by atoms with Crippen molar-refractivity contribution in [2.75, 3.05) is 39.6 Å². The standard InChI is InChI=1S/C74H144O17P2/c1-7-9-11-13-15-17-19-21-23-25-27-29-31-33-38-46-52-58-73(78)90-69(62-84-71(76)56-50-44-37-32-30-28-26-24-22-20-18-16-14-12-10-8-2)64-88-92(80,81)86-60-68(75)61-87-93(82,83)89-65-70(63-85-72(77)57-51-45-41-40-43-49-55-67(5)6)91-74(79)59-53-47-39-35-34-36-42-48-54-66(3)4/h66-70,75H,7-65H2,1-6H3,(H,80,81)(H,82,83)/t68-,69-,70-/m1/s1. The van der Waals surface area contributed by atoms with Gasteiger partial charge in [0.2, 0.25) is 0 Å². The van der Waals surface area contributed by atoms with E-state index in [0.29, 0.717) is 31.6 Å². The Morgan fingerprint density at radius 1 is 0.290 bits per heavy atom. The molecule has 0 radical (unpaired) electrons. The van der Waals surface area contributed by atoms with Crippen molar-refractivity contribution in [1.82, 2.24) is 0 Å². The van der Waals surface area contributed by atoms with Crippen LogP contribution in [0, 0.1) is 11.8 Å². The Kier molecular flexibility index (Phi) is 64.6. The molecule has 0 aromatic heterocycles. The summed E-state index contributed by atoms with van der Waals surface area (Å²) in [6, 6.07) is 0. The average molecular weight is 1370 g/mol. The van der Waals surface area contributed by atoms with Gasteiger partial charge < -0.3 is 33.8 Å². The lowest BCUT2D eigenvalue weighted by atomic mass is 10.0. The molecule has 0 aliphatic heterocycles. The molecule has 0 saturated heterocycles. The normalized spacial score (nSPS) is 14.1. The van der Waals surface area contributed by atoms with Gasteiger partial charge in [0.05, 0.1) is 26.4 Å². The van der Waals surface area contributed by atoms with Crippen LogP contribution < -0.4 is 0 Å². The molecule has 0 aromatic rings. The monoisotopic (exact) mass is 1370 g/mol. The van der Waals surface area contributed by atoms with Gasteiger partial charge in [-0.05, 0) is 37.5 Å². The lowest BCUT2D eigenvalue weighted by molar-refractivity contribution is -0.161. The molecule has 5 atom stereocenters. The quantitative estimate of drug-likeness (QED) is 0.0222. The number of ether oxygens (including phenoxy) is 4. The first kappa shape index (κ1) is 91.1. The number of hydrogen-bond donors (Lipinski definition) is 3. The van der Waals surface area contributed by atoms with Gasteiger partial charge in [-0.25, -0.2) is 9.13 Å². The van der Waals surface area contributed by atoms with E-state index in [4.69, 9.17) is 37.0 Å². The second-order valence-corrected chi connectivity index (χ2v) is 30.5. The van der Waals surface area contributed by atoms with E-state index in [1.54, 1.807) is 0 Å². The van der Waals surface area contributed by atoms with Crippen LogP contribution in [0.15, 0.2) is 0 Å². The van der Waals surface area contributed by atoms with Gasteiger partial charge >= 0.3 is 39.5 Å². The highest BCUT2D eigenvalue weighted by atomic mass is 31.2. The van der Waals surface area contributed by atoms with Crippen LogP contribution in [-0.4, -0.2) is 96.7 Å². The maximum Gasteiger partial charge on any atom is 0.472 e. The Morgan fingerprint density at radius 2 is 0.495 bits per heavy atom. The van der Waals surface area contributed by atoms with Gasteiger partial charge in [0.25, 0.3) is 0 Å². The van der Waals surface area contributed by atoms with Crippen LogP contribution in [0.5, 0.6) is 0 Å². The molecular formula is C74H144O17P2. The Balaban J connectivity index is 5.22. The van der Waals surface area contributed by atoms with E-state index in [2.05, 4.69) is 41.5 Å². The maximum atomic E-state index is 13.1. The van der Waals surface area contributed by atoms with Crippen LogP contribution in [0.25, 0.3) is 0 Å². The molecule has 0 aliphatic rings. The van der Waals surface area contributed by atoms with E-state index >= 15 is 0 Å². The SMILES string of the molecule is CCCCCCCCCCCCCCCCCCCC(=O)O[C@H](COC(=O)CCCCCCCCCCCCCCCCCC)COP(=O)(O)OC[C@@H](O)COP(=O)(O)OC[C@@H](COC(=O)CCCCCCCCC(C)C)OC(=O)CCCCCCCCCCC(C)C. The lowest BCUT2D eigenvalue weighted by Gasteiger charge is -2.21. The van der Waals surface area contributed by atoms with Gasteiger partial charge in [0.15, 0.2) is 12.2 Å². The van der Waals surface area contributed by atoms with Crippen molar-refractivity contribution >= 4 is 39.5 Å². The number of rotatable bonds is 73. The van der Waals surface area contributed by atoms with E-state index < -0.39 is 97.5 Å². The highest BCUT2D eigenvalue weighted by Gasteiger charge is 2.30. The molecular weight excluding hydrogens is 1220 g/mol. The molecule has 19 heteroatoms. The predicted molar refractivity (Wildman–Crippen MR) is 377 cm³/mol. The van der Waals surface area contributed by atoms with Gasteiger partial charge in [-0.2, -0.15) is 0 Å². The molecule has 0 spiro atoms. The molecule has 3 N–H and O–H groups in total. The summed E-state index contributed by atoms with van der Waals surface area (Å²) in [6.45, 7) is 9.46. The number of phosphoric acid groups is 2. The third kappa shape index (κ3) is 68.4.